The molecule has 8 nitrogen and oxygen atoms in total. The number of benzene rings is 1. The van der Waals surface area contributed by atoms with E-state index in [1.54, 1.807) is 0 Å². The number of halogens is 3. The van der Waals surface area contributed by atoms with Gasteiger partial charge >= 0.3 is 12.3 Å². The van der Waals surface area contributed by atoms with E-state index in [1.165, 1.54) is 0 Å². The number of methoxy groups -OCH3 is 1. The Morgan fingerprint density at radius 3 is 2.21 bits per heavy atom. The fraction of sp³-hybridized carbons (Fsp3) is 0.333. The van der Waals surface area contributed by atoms with E-state index in [4.69, 9.17) is 0 Å². The Balaban J connectivity index is 2.62. The largest absolute Gasteiger partial charge is 0.573 e. The molecule has 12 heteroatoms. The van der Waals surface area contributed by atoms with Crippen molar-refractivity contribution in [2.75, 3.05) is 20.2 Å². The maximum atomic E-state index is 12.0. The second-order valence-electron chi connectivity index (χ2n) is 4.20. The highest BCUT2D eigenvalue weighted by Gasteiger charge is 2.31. The van der Waals surface area contributed by atoms with Crippen LogP contribution in [0.3, 0.4) is 0 Å². The minimum atomic E-state index is -4.89. The Morgan fingerprint density at radius 2 is 1.71 bits per heavy atom. The van der Waals surface area contributed by atoms with Crippen LogP contribution in [-0.2, 0) is 24.3 Å². The van der Waals surface area contributed by atoms with E-state index in [1.807, 2.05) is 4.72 Å². The van der Waals surface area contributed by atoms with Gasteiger partial charge in [0.25, 0.3) is 0 Å². The molecular weight excluding hydrogens is 357 g/mol. The highest BCUT2D eigenvalue weighted by molar-refractivity contribution is 7.89. The maximum absolute atomic E-state index is 12.0. The van der Waals surface area contributed by atoms with Crippen LogP contribution >= 0.6 is 0 Å². The van der Waals surface area contributed by atoms with Crippen LogP contribution in [-0.4, -0.2) is 46.9 Å². The van der Waals surface area contributed by atoms with Gasteiger partial charge in [-0.25, -0.2) is 13.1 Å². The lowest BCUT2D eigenvalue weighted by atomic mass is 10.3. The number of sulfonamides is 1. The van der Waals surface area contributed by atoms with Crippen LogP contribution < -0.4 is 14.8 Å². The summed E-state index contributed by atoms with van der Waals surface area (Å²) in [6.45, 7) is -1.10. The molecular formula is C12H13F3N2O6S. The van der Waals surface area contributed by atoms with Gasteiger partial charge in [0.1, 0.15) is 12.3 Å². The SMILES string of the molecule is COC(=O)CNC(=O)CNS(=O)(=O)c1ccc(OC(F)(F)F)cc1. The molecule has 1 amide bonds. The Hall–Kier alpha value is -2.34. The molecule has 0 atom stereocenters. The van der Waals surface area contributed by atoms with Gasteiger partial charge in [0.05, 0.1) is 18.6 Å². The van der Waals surface area contributed by atoms with Crippen molar-refractivity contribution in [1.82, 2.24) is 10.0 Å². The monoisotopic (exact) mass is 370 g/mol. The number of nitrogens with one attached hydrogen (secondary N) is 2. The van der Waals surface area contributed by atoms with E-state index in [9.17, 15) is 31.2 Å². The lowest BCUT2D eigenvalue weighted by molar-refractivity contribution is -0.274. The topological polar surface area (TPSA) is 111 Å². The maximum Gasteiger partial charge on any atom is 0.573 e. The van der Waals surface area contributed by atoms with Crippen molar-refractivity contribution >= 4 is 21.9 Å². The molecule has 1 aromatic carbocycles. The van der Waals surface area contributed by atoms with Gasteiger partial charge in [-0.15, -0.1) is 13.2 Å². The van der Waals surface area contributed by atoms with Crippen molar-refractivity contribution < 1.29 is 40.7 Å². The fourth-order valence-corrected chi connectivity index (χ4v) is 2.35. The quantitative estimate of drug-likeness (QED) is 0.661. The minimum absolute atomic E-state index is 0.363. The average Bonchev–Trinajstić information content (AvgIpc) is 2.49. The number of hydrogen-bond donors (Lipinski definition) is 2. The number of rotatable bonds is 7. The van der Waals surface area contributed by atoms with Crippen LogP contribution in [0.5, 0.6) is 5.75 Å². The summed E-state index contributed by atoms with van der Waals surface area (Å²) in [5.74, 6) is -2.09. The third kappa shape index (κ3) is 6.83. The van der Waals surface area contributed by atoms with Gasteiger partial charge in [-0.05, 0) is 24.3 Å². The number of alkyl halides is 3. The van der Waals surface area contributed by atoms with Crippen molar-refractivity contribution in [3.63, 3.8) is 0 Å². The highest BCUT2D eigenvalue weighted by atomic mass is 32.2. The summed E-state index contributed by atoms with van der Waals surface area (Å²) in [6, 6.07) is 3.41. The normalized spacial score (nSPS) is 11.7. The van der Waals surface area contributed by atoms with Crippen LogP contribution in [0, 0.1) is 0 Å². The van der Waals surface area contributed by atoms with E-state index < -0.39 is 47.1 Å². The van der Waals surface area contributed by atoms with Crippen LogP contribution in [0.1, 0.15) is 0 Å². The Labute approximate surface area is 135 Å². The van der Waals surface area contributed by atoms with Crippen molar-refractivity contribution in [3.8, 4) is 5.75 Å². The molecule has 0 saturated heterocycles. The highest BCUT2D eigenvalue weighted by Crippen LogP contribution is 2.23. The number of esters is 1. The molecule has 0 unspecified atom stereocenters. The molecule has 0 fully saturated rings. The summed E-state index contributed by atoms with van der Waals surface area (Å²) in [5, 5.41) is 2.11. The lowest BCUT2D eigenvalue weighted by Crippen LogP contribution is -2.39. The number of amides is 1. The van der Waals surface area contributed by atoms with E-state index in [2.05, 4.69) is 14.8 Å². The molecule has 24 heavy (non-hydrogen) atoms. The summed E-state index contributed by atoms with van der Waals surface area (Å²) in [6.07, 6.45) is -4.89. The number of ether oxygens (including phenoxy) is 2. The molecule has 0 aliphatic carbocycles. The molecule has 0 aliphatic rings. The van der Waals surface area contributed by atoms with Crippen molar-refractivity contribution in [3.05, 3.63) is 24.3 Å². The van der Waals surface area contributed by atoms with Crippen LogP contribution in [0.2, 0.25) is 0 Å². The van der Waals surface area contributed by atoms with Gasteiger partial charge < -0.3 is 14.8 Å². The molecule has 0 saturated carbocycles. The first-order valence-electron chi connectivity index (χ1n) is 6.22. The number of hydrogen-bond acceptors (Lipinski definition) is 6. The molecule has 1 aromatic rings. The fourth-order valence-electron chi connectivity index (χ4n) is 1.37. The minimum Gasteiger partial charge on any atom is -0.468 e. The van der Waals surface area contributed by atoms with Gasteiger partial charge in [0.2, 0.25) is 15.9 Å². The third-order valence-electron chi connectivity index (χ3n) is 2.45. The first-order valence-corrected chi connectivity index (χ1v) is 7.71. The third-order valence-corrected chi connectivity index (χ3v) is 3.87. The average molecular weight is 370 g/mol. The number of carbonyl (C=O) groups is 2. The predicted molar refractivity (Wildman–Crippen MR) is 73.3 cm³/mol. The molecule has 0 bridgehead atoms. The van der Waals surface area contributed by atoms with Crippen LogP contribution in [0.25, 0.3) is 0 Å². The molecule has 0 aliphatic heterocycles. The Kier molecular flexibility index (Phi) is 6.54. The Morgan fingerprint density at radius 1 is 1.12 bits per heavy atom. The zero-order valence-corrected chi connectivity index (χ0v) is 13.0. The van der Waals surface area contributed by atoms with Gasteiger partial charge in [-0.1, -0.05) is 0 Å². The van der Waals surface area contributed by atoms with Crippen molar-refractivity contribution in [2.24, 2.45) is 0 Å². The second kappa shape index (κ2) is 7.97. The molecule has 0 radical (unpaired) electrons. The van der Waals surface area contributed by atoms with Gasteiger partial charge in [-0.3, -0.25) is 9.59 Å². The van der Waals surface area contributed by atoms with E-state index >= 15 is 0 Å². The lowest BCUT2D eigenvalue weighted by Gasteiger charge is -2.10. The number of carbonyl (C=O) groups excluding carboxylic acids is 2. The summed E-state index contributed by atoms with van der Waals surface area (Å²) < 4.78 is 69.6. The van der Waals surface area contributed by atoms with E-state index in [0.717, 1.165) is 31.4 Å². The standard InChI is InChI=1S/C12H13F3N2O6S/c1-22-11(19)7-16-10(18)6-17-24(20,21)9-4-2-8(3-5-9)23-12(13,14)15/h2-5,17H,6-7H2,1H3,(H,16,18). The molecule has 0 spiro atoms. The smallest absolute Gasteiger partial charge is 0.468 e. The Bertz CT molecular complexity index is 688. The van der Waals surface area contributed by atoms with E-state index in [-0.39, 0.29) is 4.90 Å². The first kappa shape index (κ1) is 19.7. The summed E-state index contributed by atoms with van der Waals surface area (Å²) in [5.41, 5.74) is 0. The summed E-state index contributed by atoms with van der Waals surface area (Å²) in [7, 11) is -3.01. The second-order valence-corrected chi connectivity index (χ2v) is 5.96. The van der Waals surface area contributed by atoms with Crippen molar-refractivity contribution in [2.45, 2.75) is 11.3 Å². The molecule has 0 aromatic heterocycles. The van der Waals surface area contributed by atoms with Gasteiger partial charge in [0, 0.05) is 0 Å². The van der Waals surface area contributed by atoms with Gasteiger partial charge in [0.15, 0.2) is 0 Å². The van der Waals surface area contributed by atoms with Crippen molar-refractivity contribution in [1.29, 1.82) is 0 Å². The van der Waals surface area contributed by atoms with Gasteiger partial charge in [-0.2, -0.15) is 0 Å². The molecule has 1 rings (SSSR count). The first-order chi connectivity index (χ1) is 11.0. The van der Waals surface area contributed by atoms with Crippen LogP contribution in [0.15, 0.2) is 29.2 Å². The van der Waals surface area contributed by atoms with Crippen LogP contribution in [0.4, 0.5) is 13.2 Å². The molecule has 2 N–H and O–H groups in total. The van der Waals surface area contributed by atoms with E-state index in [0.29, 0.717) is 0 Å². The summed E-state index contributed by atoms with van der Waals surface area (Å²) in [4.78, 5) is 21.8. The summed E-state index contributed by atoms with van der Waals surface area (Å²) >= 11 is 0. The molecule has 134 valence electrons. The zero-order chi connectivity index (χ0) is 18.4. The zero-order valence-electron chi connectivity index (χ0n) is 12.2. The predicted octanol–water partition coefficient (Wildman–Crippen LogP) is 0.153. The molecule has 0 heterocycles.